The van der Waals surface area contributed by atoms with Gasteiger partial charge in [-0.25, -0.2) is 4.98 Å². The normalized spacial score (nSPS) is 12.4. The number of rotatable bonds is 6. The number of hydrogen-bond donors (Lipinski definition) is 1. The topological polar surface area (TPSA) is 51.7 Å². The van der Waals surface area contributed by atoms with Crippen molar-refractivity contribution in [1.29, 1.82) is 0 Å². The average molecular weight is 347 g/mol. The number of imidazole rings is 1. The Labute approximate surface area is 152 Å². The number of nitrogens with one attached hydrogen (secondary N) is 1. The lowest BCUT2D eigenvalue weighted by atomic mass is 10.0. The van der Waals surface area contributed by atoms with E-state index in [-0.39, 0.29) is 6.04 Å². The number of para-hydroxylation sites is 1. The zero-order valence-corrected chi connectivity index (χ0v) is 14.8. The quantitative estimate of drug-likeness (QED) is 0.570. The first-order chi connectivity index (χ1) is 12.8. The molecule has 4 rings (SSSR count). The smallest absolute Gasteiger partial charge is 0.136 e. The van der Waals surface area contributed by atoms with Crippen LogP contribution in [-0.4, -0.2) is 16.5 Å². The number of benzene rings is 1. The Bertz CT molecular complexity index is 1010. The average Bonchev–Trinajstić information content (AvgIpc) is 3.33. The van der Waals surface area contributed by atoms with Crippen LogP contribution in [0.3, 0.4) is 0 Å². The minimum atomic E-state index is -0.114. The van der Waals surface area contributed by atoms with E-state index < -0.39 is 0 Å². The third-order valence-electron chi connectivity index (χ3n) is 4.50. The summed E-state index contributed by atoms with van der Waals surface area (Å²) in [7, 11) is 1.69. The fourth-order valence-corrected chi connectivity index (χ4v) is 3.20. The first-order valence-corrected chi connectivity index (χ1v) is 8.58. The van der Waals surface area contributed by atoms with Crippen molar-refractivity contribution in [2.24, 2.45) is 0 Å². The van der Waals surface area contributed by atoms with Gasteiger partial charge in [-0.05, 0) is 36.8 Å². The van der Waals surface area contributed by atoms with Gasteiger partial charge in [-0.1, -0.05) is 24.3 Å². The summed E-state index contributed by atoms with van der Waals surface area (Å²) < 4.78 is 13.3. The molecule has 132 valence electrons. The minimum absolute atomic E-state index is 0.114. The Balaban J connectivity index is 1.66. The second-order valence-electron chi connectivity index (χ2n) is 6.26. The Morgan fingerprint density at radius 3 is 2.85 bits per heavy atom. The van der Waals surface area contributed by atoms with Crippen molar-refractivity contribution in [3.63, 3.8) is 0 Å². The van der Waals surface area contributed by atoms with Crippen LogP contribution < -0.4 is 10.1 Å². The number of furan rings is 1. The maximum absolute atomic E-state index is 5.69. The van der Waals surface area contributed by atoms with Crippen molar-refractivity contribution >= 4 is 5.65 Å². The van der Waals surface area contributed by atoms with Gasteiger partial charge >= 0.3 is 0 Å². The molecule has 1 atom stereocenters. The summed E-state index contributed by atoms with van der Waals surface area (Å²) in [4.78, 5) is 4.48. The van der Waals surface area contributed by atoms with Crippen molar-refractivity contribution in [3.05, 3.63) is 89.8 Å². The molecule has 0 aliphatic heterocycles. The van der Waals surface area contributed by atoms with Gasteiger partial charge in [-0.3, -0.25) is 5.32 Å². The predicted molar refractivity (Wildman–Crippen MR) is 100 cm³/mol. The van der Waals surface area contributed by atoms with Crippen molar-refractivity contribution in [3.8, 4) is 5.75 Å². The van der Waals surface area contributed by atoms with E-state index in [2.05, 4.69) is 40.0 Å². The molecule has 5 nitrogen and oxygen atoms in total. The monoisotopic (exact) mass is 347 g/mol. The summed E-state index contributed by atoms with van der Waals surface area (Å²) in [5, 5.41) is 3.59. The van der Waals surface area contributed by atoms with Crippen LogP contribution in [0.5, 0.6) is 5.75 Å². The SMILES string of the molecule is COc1ccccc1C(NCc1cnc2ccc(C)cn12)c1ccco1. The van der Waals surface area contributed by atoms with E-state index in [0.717, 1.165) is 28.4 Å². The Morgan fingerprint density at radius 2 is 2.04 bits per heavy atom. The molecule has 3 aromatic heterocycles. The highest BCUT2D eigenvalue weighted by Crippen LogP contribution is 2.30. The molecule has 0 saturated carbocycles. The van der Waals surface area contributed by atoms with E-state index in [1.807, 2.05) is 42.6 Å². The molecule has 0 aliphatic rings. The van der Waals surface area contributed by atoms with Crippen LogP contribution in [0.15, 0.2) is 71.6 Å². The number of hydrogen-bond acceptors (Lipinski definition) is 4. The molecule has 0 radical (unpaired) electrons. The number of aromatic nitrogens is 2. The van der Waals surface area contributed by atoms with Gasteiger partial charge in [0.1, 0.15) is 17.2 Å². The van der Waals surface area contributed by atoms with E-state index in [1.54, 1.807) is 13.4 Å². The van der Waals surface area contributed by atoms with E-state index >= 15 is 0 Å². The highest BCUT2D eigenvalue weighted by atomic mass is 16.5. The lowest BCUT2D eigenvalue weighted by Gasteiger charge is -2.19. The van der Waals surface area contributed by atoms with Crippen LogP contribution in [0.1, 0.15) is 28.6 Å². The third kappa shape index (κ3) is 3.09. The van der Waals surface area contributed by atoms with Gasteiger partial charge < -0.3 is 13.6 Å². The summed E-state index contributed by atoms with van der Waals surface area (Å²) in [6.07, 6.45) is 5.70. The van der Waals surface area contributed by atoms with E-state index in [0.29, 0.717) is 6.54 Å². The molecule has 0 bridgehead atoms. The molecule has 1 aromatic carbocycles. The molecule has 0 spiro atoms. The molecular weight excluding hydrogens is 326 g/mol. The largest absolute Gasteiger partial charge is 0.496 e. The number of pyridine rings is 1. The molecule has 0 saturated heterocycles. The number of ether oxygens (including phenoxy) is 1. The maximum Gasteiger partial charge on any atom is 0.136 e. The predicted octanol–water partition coefficient (Wildman–Crippen LogP) is 4.12. The molecule has 3 heterocycles. The molecule has 5 heteroatoms. The van der Waals surface area contributed by atoms with E-state index in [9.17, 15) is 0 Å². The summed E-state index contributed by atoms with van der Waals surface area (Å²) in [5.74, 6) is 1.68. The first-order valence-electron chi connectivity index (χ1n) is 8.58. The lowest BCUT2D eigenvalue weighted by molar-refractivity contribution is 0.391. The van der Waals surface area contributed by atoms with E-state index in [4.69, 9.17) is 9.15 Å². The van der Waals surface area contributed by atoms with Crippen LogP contribution in [0.25, 0.3) is 5.65 Å². The van der Waals surface area contributed by atoms with Crippen LogP contribution in [0.4, 0.5) is 0 Å². The maximum atomic E-state index is 5.69. The van der Waals surface area contributed by atoms with Crippen molar-refractivity contribution < 1.29 is 9.15 Å². The second-order valence-corrected chi connectivity index (χ2v) is 6.26. The zero-order valence-electron chi connectivity index (χ0n) is 14.8. The van der Waals surface area contributed by atoms with Gasteiger partial charge in [0.2, 0.25) is 0 Å². The molecular formula is C21H21N3O2. The number of aryl methyl sites for hydroxylation is 1. The lowest BCUT2D eigenvalue weighted by Crippen LogP contribution is -2.23. The van der Waals surface area contributed by atoms with Crippen molar-refractivity contribution in [2.75, 3.05) is 7.11 Å². The molecule has 1 N–H and O–H groups in total. The summed E-state index contributed by atoms with van der Waals surface area (Å²) >= 11 is 0. The second kappa shape index (κ2) is 7.06. The van der Waals surface area contributed by atoms with Gasteiger partial charge in [0.15, 0.2) is 0 Å². The van der Waals surface area contributed by atoms with Crippen LogP contribution in [0, 0.1) is 6.92 Å². The standard InChI is InChI=1S/C21H21N3O2/c1-15-9-10-20-22-12-16(24(20)14-15)13-23-21(19-8-5-11-26-19)17-6-3-4-7-18(17)25-2/h3-12,14,21,23H,13H2,1-2H3. The van der Waals surface area contributed by atoms with Crippen LogP contribution in [-0.2, 0) is 6.54 Å². The highest BCUT2D eigenvalue weighted by molar-refractivity contribution is 5.42. The van der Waals surface area contributed by atoms with Crippen molar-refractivity contribution in [1.82, 2.24) is 14.7 Å². The minimum Gasteiger partial charge on any atom is -0.496 e. The first kappa shape index (κ1) is 16.4. The highest BCUT2D eigenvalue weighted by Gasteiger charge is 2.20. The molecule has 1 unspecified atom stereocenters. The fraction of sp³-hybridized carbons (Fsp3) is 0.190. The summed E-state index contributed by atoms with van der Waals surface area (Å²) in [5.41, 5.74) is 4.27. The third-order valence-corrected chi connectivity index (χ3v) is 4.50. The molecule has 4 aromatic rings. The van der Waals surface area contributed by atoms with Crippen molar-refractivity contribution in [2.45, 2.75) is 19.5 Å². The van der Waals surface area contributed by atoms with Crippen LogP contribution >= 0.6 is 0 Å². The number of methoxy groups -OCH3 is 1. The van der Waals surface area contributed by atoms with Gasteiger partial charge in [0.25, 0.3) is 0 Å². The molecule has 0 aliphatic carbocycles. The number of nitrogens with zero attached hydrogens (tertiary/aromatic N) is 2. The molecule has 0 fully saturated rings. The van der Waals surface area contributed by atoms with Gasteiger partial charge in [0.05, 0.1) is 31.3 Å². The van der Waals surface area contributed by atoms with Gasteiger partial charge in [0, 0.05) is 18.3 Å². The zero-order chi connectivity index (χ0) is 17.9. The Morgan fingerprint density at radius 1 is 1.15 bits per heavy atom. The summed E-state index contributed by atoms with van der Waals surface area (Å²) in [6.45, 7) is 2.73. The van der Waals surface area contributed by atoms with Gasteiger partial charge in [-0.15, -0.1) is 0 Å². The molecule has 26 heavy (non-hydrogen) atoms. The summed E-state index contributed by atoms with van der Waals surface area (Å²) in [6, 6.07) is 15.9. The fourth-order valence-electron chi connectivity index (χ4n) is 3.20. The van der Waals surface area contributed by atoms with Crippen LogP contribution in [0.2, 0.25) is 0 Å². The Hall–Kier alpha value is -3.05. The Kier molecular flexibility index (Phi) is 4.46. The number of fused-ring (bicyclic) bond motifs is 1. The van der Waals surface area contributed by atoms with E-state index in [1.165, 1.54) is 5.56 Å². The molecule has 0 amide bonds. The van der Waals surface area contributed by atoms with Gasteiger partial charge in [-0.2, -0.15) is 0 Å².